The van der Waals surface area contributed by atoms with Crippen LogP contribution in [0.3, 0.4) is 0 Å². The summed E-state index contributed by atoms with van der Waals surface area (Å²) in [5.41, 5.74) is 2.60. The predicted molar refractivity (Wildman–Crippen MR) is 103 cm³/mol. The fourth-order valence-corrected chi connectivity index (χ4v) is 3.83. The zero-order chi connectivity index (χ0) is 18.1. The lowest BCUT2D eigenvalue weighted by Crippen LogP contribution is -2.34. The van der Waals surface area contributed by atoms with Gasteiger partial charge >= 0.3 is 0 Å². The minimum absolute atomic E-state index is 0.0518. The molecule has 0 aliphatic carbocycles. The van der Waals surface area contributed by atoms with Gasteiger partial charge in [0.2, 0.25) is 5.91 Å². The van der Waals surface area contributed by atoms with Gasteiger partial charge in [0.25, 0.3) is 5.91 Å². The maximum Gasteiger partial charge on any atom is 0.257 e. The third kappa shape index (κ3) is 3.10. The van der Waals surface area contributed by atoms with Gasteiger partial charge in [0.15, 0.2) is 0 Å². The van der Waals surface area contributed by atoms with Crippen LogP contribution in [-0.4, -0.2) is 36.9 Å². The largest absolute Gasteiger partial charge is 0.320 e. The van der Waals surface area contributed by atoms with Gasteiger partial charge < -0.3 is 10.2 Å². The van der Waals surface area contributed by atoms with Crippen molar-refractivity contribution >= 4 is 28.9 Å². The number of carbonyl (C=O) groups is 2. The highest BCUT2D eigenvalue weighted by Gasteiger charge is 2.30. The number of likely N-dealkylation sites (tertiary alicyclic amines) is 1. The van der Waals surface area contributed by atoms with E-state index in [9.17, 15) is 9.59 Å². The van der Waals surface area contributed by atoms with Crippen LogP contribution in [0.5, 0.6) is 0 Å². The lowest BCUT2D eigenvalue weighted by Gasteiger charge is -2.31. The Balaban J connectivity index is 1.71. The summed E-state index contributed by atoms with van der Waals surface area (Å²) >= 11 is 0. The first kappa shape index (κ1) is 16.8. The molecule has 1 N–H and O–H groups in total. The van der Waals surface area contributed by atoms with E-state index >= 15 is 0 Å². The number of anilines is 3. The predicted octanol–water partition coefficient (Wildman–Crippen LogP) is 3.65. The average Bonchev–Trinajstić information content (AvgIpc) is 2.77. The van der Waals surface area contributed by atoms with Crippen molar-refractivity contribution in [2.75, 3.05) is 30.4 Å². The van der Waals surface area contributed by atoms with E-state index in [1.54, 1.807) is 11.0 Å². The van der Waals surface area contributed by atoms with Gasteiger partial charge in [-0.2, -0.15) is 0 Å². The molecule has 0 atom stereocenters. The van der Waals surface area contributed by atoms with Crippen molar-refractivity contribution < 1.29 is 9.59 Å². The molecular formula is C21H23N3O2. The van der Waals surface area contributed by atoms with E-state index in [0.717, 1.165) is 31.6 Å². The molecule has 2 aliphatic heterocycles. The number of benzene rings is 2. The Hall–Kier alpha value is -2.66. The summed E-state index contributed by atoms with van der Waals surface area (Å²) in [7, 11) is 2.12. The molecule has 2 aromatic rings. The van der Waals surface area contributed by atoms with Gasteiger partial charge in [0.05, 0.1) is 22.6 Å². The first-order valence-electron chi connectivity index (χ1n) is 9.14. The van der Waals surface area contributed by atoms with Gasteiger partial charge in [-0.3, -0.25) is 14.5 Å². The van der Waals surface area contributed by atoms with Crippen LogP contribution in [0, 0.1) is 5.92 Å². The molecule has 2 aromatic carbocycles. The summed E-state index contributed by atoms with van der Waals surface area (Å²) in [5, 5.41) is 2.93. The molecule has 0 saturated carbocycles. The Bertz CT molecular complexity index is 841. The van der Waals surface area contributed by atoms with Crippen LogP contribution in [0.25, 0.3) is 0 Å². The second-order valence-corrected chi connectivity index (χ2v) is 7.17. The maximum atomic E-state index is 13.3. The fraction of sp³-hybridized carbons (Fsp3) is 0.333. The summed E-state index contributed by atoms with van der Waals surface area (Å²) < 4.78 is 0. The van der Waals surface area contributed by atoms with E-state index in [2.05, 4.69) is 17.3 Å². The highest BCUT2D eigenvalue weighted by molar-refractivity contribution is 6.17. The molecule has 0 spiro atoms. The molecule has 26 heavy (non-hydrogen) atoms. The van der Waals surface area contributed by atoms with Crippen LogP contribution in [-0.2, 0) is 4.79 Å². The number of nitrogens with zero attached hydrogens (tertiary/aromatic N) is 2. The summed E-state index contributed by atoms with van der Waals surface area (Å²) in [6, 6.07) is 14.8. The first-order chi connectivity index (χ1) is 12.6. The molecule has 2 amide bonds. The Morgan fingerprint density at radius 1 is 1.04 bits per heavy atom. The normalized spacial score (nSPS) is 17.9. The number of carbonyl (C=O) groups excluding carboxylic acids is 2. The van der Waals surface area contributed by atoms with Gasteiger partial charge in [-0.1, -0.05) is 24.3 Å². The van der Waals surface area contributed by atoms with Gasteiger partial charge in [0.1, 0.15) is 0 Å². The molecule has 1 fully saturated rings. The van der Waals surface area contributed by atoms with Crippen molar-refractivity contribution in [3.63, 3.8) is 0 Å². The monoisotopic (exact) mass is 349 g/mol. The Kier molecular flexibility index (Phi) is 4.47. The Morgan fingerprint density at radius 3 is 2.46 bits per heavy atom. The van der Waals surface area contributed by atoms with Crippen molar-refractivity contribution in [3.05, 3.63) is 54.1 Å². The molecule has 5 nitrogen and oxygen atoms in total. The molecule has 0 aromatic heterocycles. The highest BCUT2D eigenvalue weighted by Crippen LogP contribution is 2.38. The molecule has 4 rings (SSSR count). The first-order valence-corrected chi connectivity index (χ1v) is 9.14. The number of rotatable bonds is 2. The van der Waals surface area contributed by atoms with E-state index in [1.165, 1.54) is 0 Å². The van der Waals surface area contributed by atoms with Crippen LogP contribution in [0.15, 0.2) is 48.5 Å². The van der Waals surface area contributed by atoms with E-state index in [4.69, 9.17) is 0 Å². The number of hydrogen-bond acceptors (Lipinski definition) is 3. The average molecular weight is 349 g/mol. The SMILES string of the molecule is CN1CCC(CC(=O)N2c3ccccc3NC(=O)c3ccccc32)CC1. The van der Waals surface area contributed by atoms with Crippen LogP contribution in [0.1, 0.15) is 29.6 Å². The second kappa shape index (κ2) is 6.92. The smallest absolute Gasteiger partial charge is 0.257 e. The molecule has 0 unspecified atom stereocenters. The third-order valence-electron chi connectivity index (χ3n) is 5.33. The molecule has 1 saturated heterocycles. The zero-order valence-electron chi connectivity index (χ0n) is 14.9. The molecule has 134 valence electrons. The standard InChI is InChI=1S/C21H23N3O2/c1-23-12-10-15(11-13-23)14-20(25)24-18-8-4-2-6-16(18)21(26)22-17-7-3-5-9-19(17)24/h2-9,15H,10-14H2,1H3,(H,22,26). The lowest BCUT2D eigenvalue weighted by atomic mass is 9.93. The van der Waals surface area contributed by atoms with Crippen molar-refractivity contribution in [1.29, 1.82) is 0 Å². The minimum Gasteiger partial charge on any atom is -0.320 e. The van der Waals surface area contributed by atoms with Gasteiger partial charge in [-0.25, -0.2) is 0 Å². The molecular weight excluding hydrogens is 326 g/mol. The Morgan fingerprint density at radius 2 is 1.69 bits per heavy atom. The van der Waals surface area contributed by atoms with Crippen molar-refractivity contribution in [1.82, 2.24) is 4.90 Å². The van der Waals surface area contributed by atoms with Crippen LogP contribution >= 0.6 is 0 Å². The molecule has 0 radical (unpaired) electrons. The lowest BCUT2D eigenvalue weighted by molar-refractivity contribution is -0.119. The molecule has 0 bridgehead atoms. The number of piperidine rings is 1. The van der Waals surface area contributed by atoms with Crippen molar-refractivity contribution in [2.24, 2.45) is 5.92 Å². The van der Waals surface area contributed by atoms with E-state index in [-0.39, 0.29) is 11.8 Å². The minimum atomic E-state index is -0.178. The number of fused-ring (bicyclic) bond motifs is 2. The van der Waals surface area contributed by atoms with Crippen LogP contribution < -0.4 is 10.2 Å². The topological polar surface area (TPSA) is 52.7 Å². The number of hydrogen-bond donors (Lipinski definition) is 1. The summed E-state index contributed by atoms with van der Waals surface area (Å²) in [6.45, 7) is 2.07. The second-order valence-electron chi connectivity index (χ2n) is 7.17. The maximum absolute atomic E-state index is 13.3. The Labute approximate surface area is 153 Å². The van der Waals surface area contributed by atoms with Gasteiger partial charge in [-0.15, -0.1) is 0 Å². The highest BCUT2D eigenvalue weighted by atomic mass is 16.2. The molecule has 2 aliphatic rings. The van der Waals surface area contributed by atoms with Crippen molar-refractivity contribution in [3.8, 4) is 0 Å². The van der Waals surface area contributed by atoms with Crippen LogP contribution in [0.4, 0.5) is 17.1 Å². The van der Waals surface area contributed by atoms with Crippen LogP contribution in [0.2, 0.25) is 0 Å². The van der Waals surface area contributed by atoms with E-state index in [0.29, 0.717) is 29.3 Å². The number of para-hydroxylation sites is 3. The molecule has 2 heterocycles. The van der Waals surface area contributed by atoms with E-state index in [1.807, 2.05) is 42.5 Å². The fourth-order valence-electron chi connectivity index (χ4n) is 3.83. The van der Waals surface area contributed by atoms with E-state index < -0.39 is 0 Å². The summed E-state index contributed by atoms with van der Waals surface area (Å²) in [4.78, 5) is 29.9. The number of amides is 2. The zero-order valence-corrected chi connectivity index (χ0v) is 14.9. The summed E-state index contributed by atoms with van der Waals surface area (Å²) in [6.07, 6.45) is 2.58. The third-order valence-corrected chi connectivity index (χ3v) is 5.33. The number of nitrogens with one attached hydrogen (secondary N) is 1. The van der Waals surface area contributed by atoms with Gasteiger partial charge in [-0.05, 0) is 63.2 Å². The van der Waals surface area contributed by atoms with Gasteiger partial charge in [0, 0.05) is 6.42 Å². The van der Waals surface area contributed by atoms with Crippen molar-refractivity contribution in [2.45, 2.75) is 19.3 Å². The summed E-state index contributed by atoms with van der Waals surface area (Å²) in [5.74, 6) is 0.267. The molecule has 5 heteroatoms. The quantitative estimate of drug-likeness (QED) is 0.900.